The molecule has 0 aliphatic carbocycles. The van der Waals surface area contributed by atoms with Gasteiger partial charge in [0.2, 0.25) is 0 Å². The molecule has 0 atom stereocenters. The molecule has 2 nitrogen and oxygen atoms in total. The molecule has 0 aliphatic rings. The number of rotatable bonds is 1. The molecule has 1 heterocycles. The Kier molecular flexibility index (Phi) is 1.89. The van der Waals surface area contributed by atoms with Gasteiger partial charge in [0.15, 0.2) is 0 Å². The van der Waals surface area contributed by atoms with Gasteiger partial charge < -0.3 is 4.42 Å². The van der Waals surface area contributed by atoms with Crippen molar-refractivity contribution in [2.75, 3.05) is 0 Å². The molecule has 2 heteroatoms. The lowest BCUT2D eigenvalue weighted by Gasteiger charge is -2.01. The van der Waals surface area contributed by atoms with Crippen molar-refractivity contribution in [2.45, 2.75) is 13.8 Å². The average Bonchev–Trinajstić information content (AvgIpc) is 2.62. The second-order valence-corrected chi connectivity index (χ2v) is 3.12. The number of nitrogens with zero attached hydrogens (tertiary/aromatic N) is 1. The Morgan fingerprint density at radius 1 is 1.23 bits per heavy atom. The number of benzene rings is 1. The highest BCUT2D eigenvalue weighted by Gasteiger charge is 2.01. The molecule has 1 radical (unpaired) electrons. The Labute approximate surface area is 77.2 Å². The van der Waals surface area contributed by atoms with Gasteiger partial charge in [0.1, 0.15) is 12.0 Å². The zero-order chi connectivity index (χ0) is 9.26. The van der Waals surface area contributed by atoms with Crippen LogP contribution in [0.3, 0.4) is 0 Å². The highest BCUT2D eigenvalue weighted by molar-refractivity contribution is 5.59. The van der Waals surface area contributed by atoms with Gasteiger partial charge in [0.25, 0.3) is 6.39 Å². The maximum Gasteiger partial charge on any atom is 0.284 e. The fourth-order valence-corrected chi connectivity index (χ4v) is 1.22. The normalized spacial score (nSPS) is 10.3. The van der Waals surface area contributed by atoms with Crippen LogP contribution in [0.5, 0.6) is 0 Å². The second-order valence-electron chi connectivity index (χ2n) is 3.12. The molecule has 13 heavy (non-hydrogen) atoms. The quantitative estimate of drug-likeness (QED) is 0.661. The van der Waals surface area contributed by atoms with E-state index in [1.807, 2.05) is 6.07 Å². The van der Waals surface area contributed by atoms with Gasteiger partial charge in [-0.3, -0.25) is 0 Å². The van der Waals surface area contributed by atoms with Crippen LogP contribution in [-0.2, 0) is 0 Å². The Hall–Kier alpha value is -1.57. The molecule has 0 aliphatic heterocycles. The molecule has 2 rings (SSSR count). The maximum absolute atomic E-state index is 4.80. The summed E-state index contributed by atoms with van der Waals surface area (Å²) in [5.41, 5.74) is 4.47. The van der Waals surface area contributed by atoms with E-state index in [1.165, 1.54) is 11.1 Å². The molecule has 0 N–H and O–H groups in total. The van der Waals surface area contributed by atoms with Gasteiger partial charge in [-0.25, -0.2) is 4.98 Å². The molecular formula is C11H10NO. The highest BCUT2D eigenvalue weighted by Crippen LogP contribution is 2.19. The summed E-state index contributed by atoms with van der Waals surface area (Å²) in [4.78, 5) is 3.97. The third-order valence-electron chi connectivity index (χ3n) is 2.19. The average molecular weight is 172 g/mol. The molecule has 2 aromatic rings. The van der Waals surface area contributed by atoms with Crippen LogP contribution in [-0.4, -0.2) is 4.98 Å². The lowest BCUT2D eigenvalue weighted by molar-refractivity contribution is 0.548. The molecule has 65 valence electrons. The predicted molar refractivity (Wildman–Crippen MR) is 50.2 cm³/mol. The summed E-state index contributed by atoms with van der Waals surface area (Å²) in [6.45, 7) is 4.18. The number of oxazole rings is 1. The first-order valence-electron chi connectivity index (χ1n) is 4.16. The van der Waals surface area contributed by atoms with Crippen molar-refractivity contribution < 1.29 is 4.42 Å². The van der Waals surface area contributed by atoms with Gasteiger partial charge >= 0.3 is 0 Å². The zero-order valence-electron chi connectivity index (χ0n) is 7.66. The van der Waals surface area contributed by atoms with E-state index in [4.69, 9.17) is 4.42 Å². The fraction of sp³-hybridized carbons (Fsp3) is 0.182. The molecule has 1 aromatic carbocycles. The van der Waals surface area contributed by atoms with E-state index in [0.29, 0.717) is 0 Å². The number of hydrogen-bond donors (Lipinski definition) is 0. The summed E-state index contributed by atoms with van der Waals surface area (Å²) >= 11 is 0. The van der Waals surface area contributed by atoms with Crippen molar-refractivity contribution in [3.8, 4) is 11.3 Å². The first-order valence-corrected chi connectivity index (χ1v) is 4.16. The third-order valence-corrected chi connectivity index (χ3v) is 2.19. The standard InChI is InChI=1S/C11H10NO/c1-8-3-4-10(5-9(8)2)11-6-13-7-12-11/h3-6H,1-2H3. The Balaban J connectivity index is 2.49. The van der Waals surface area contributed by atoms with Crippen LogP contribution in [0, 0.1) is 20.2 Å². The topological polar surface area (TPSA) is 26.0 Å². The number of aromatic nitrogens is 1. The molecule has 0 spiro atoms. The molecular weight excluding hydrogens is 162 g/mol. The highest BCUT2D eigenvalue weighted by atomic mass is 16.3. The van der Waals surface area contributed by atoms with Crippen LogP contribution in [0.4, 0.5) is 0 Å². The van der Waals surface area contributed by atoms with Crippen LogP contribution in [0.15, 0.2) is 28.9 Å². The smallest absolute Gasteiger partial charge is 0.284 e. The van der Waals surface area contributed by atoms with Crippen LogP contribution in [0.2, 0.25) is 0 Å². The molecule has 0 unspecified atom stereocenters. The van der Waals surface area contributed by atoms with Crippen molar-refractivity contribution in [1.82, 2.24) is 4.98 Å². The summed E-state index contributed by atoms with van der Waals surface area (Å²) in [7, 11) is 0. The van der Waals surface area contributed by atoms with E-state index in [0.717, 1.165) is 11.3 Å². The van der Waals surface area contributed by atoms with Gasteiger partial charge in [-0.15, -0.1) is 0 Å². The molecule has 0 saturated carbocycles. The Bertz CT molecular complexity index is 404. The van der Waals surface area contributed by atoms with Crippen LogP contribution in [0.1, 0.15) is 11.1 Å². The zero-order valence-corrected chi connectivity index (χ0v) is 7.66. The lowest BCUT2D eigenvalue weighted by Crippen LogP contribution is -1.82. The molecule has 1 aromatic heterocycles. The Morgan fingerprint density at radius 3 is 2.69 bits per heavy atom. The largest absolute Gasteiger partial charge is 0.440 e. The van der Waals surface area contributed by atoms with Crippen LogP contribution in [0.25, 0.3) is 11.3 Å². The van der Waals surface area contributed by atoms with Gasteiger partial charge in [0.05, 0.1) is 0 Å². The van der Waals surface area contributed by atoms with Crippen LogP contribution < -0.4 is 0 Å². The third kappa shape index (κ3) is 1.47. The van der Waals surface area contributed by atoms with Gasteiger partial charge in [-0.05, 0) is 31.0 Å². The van der Waals surface area contributed by atoms with E-state index in [2.05, 4.69) is 37.4 Å². The molecule has 0 amide bonds. The summed E-state index contributed by atoms with van der Waals surface area (Å²) in [5.74, 6) is 0. The molecule has 0 saturated heterocycles. The molecule has 0 bridgehead atoms. The lowest BCUT2D eigenvalue weighted by atomic mass is 10.1. The first kappa shape index (κ1) is 8.05. The van der Waals surface area contributed by atoms with E-state index < -0.39 is 0 Å². The van der Waals surface area contributed by atoms with E-state index in [-0.39, 0.29) is 0 Å². The summed E-state index contributed by atoms with van der Waals surface area (Å²) in [6, 6.07) is 6.22. The predicted octanol–water partition coefficient (Wildman–Crippen LogP) is 2.76. The van der Waals surface area contributed by atoms with Crippen molar-refractivity contribution in [3.05, 3.63) is 42.0 Å². The van der Waals surface area contributed by atoms with Gasteiger partial charge in [-0.1, -0.05) is 12.1 Å². The molecule has 0 fully saturated rings. The first-order chi connectivity index (χ1) is 6.27. The van der Waals surface area contributed by atoms with Crippen LogP contribution >= 0.6 is 0 Å². The fourth-order valence-electron chi connectivity index (χ4n) is 1.22. The summed E-state index contributed by atoms with van der Waals surface area (Å²) in [6.07, 6.45) is 4.04. The summed E-state index contributed by atoms with van der Waals surface area (Å²) < 4.78 is 4.80. The van der Waals surface area contributed by atoms with E-state index >= 15 is 0 Å². The van der Waals surface area contributed by atoms with Crippen molar-refractivity contribution in [2.24, 2.45) is 0 Å². The minimum Gasteiger partial charge on any atom is -0.440 e. The van der Waals surface area contributed by atoms with Gasteiger partial charge in [-0.2, -0.15) is 0 Å². The number of hydrogen-bond acceptors (Lipinski definition) is 2. The van der Waals surface area contributed by atoms with Crippen molar-refractivity contribution >= 4 is 0 Å². The van der Waals surface area contributed by atoms with E-state index in [1.54, 1.807) is 6.26 Å². The van der Waals surface area contributed by atoms with Gasteiger partial charge in [0, 0.05) is 5.56 Å². The minimum atomic E-state index is 0.836. The maximum atomic E-state index is 4.80. The minimum absolute atomic E-state index is 0.836. The monoisotopic (exact) mass is 172 g/mol. The van der Waals surface area contributed by atoms with Crippen molar-refractivity contribution in [1.29, 1.82) is 0 Å². The Morgan fingerprint density at radius 2 is 2.08 bits per heavy atom. The second kappa shape index (κ2) is 3.05. The van der Waals surface area contributed by atoms with E-state index in [9.17, 15) is 0 Å². The number of aryl methyl sites for hydroxylation is 2. The SMILES string of the molecule is Cc1ccc(-c2co[c]n2)cc1C. The van der Waals surface area contributed by atoms with Crippen molar-refractivity contribution in [3.63, 3.8) is 0 Å². The summed E-state index contributed by atoms with van der Waals surface area (Å²) in [5, 5.41) is 0.